The highest BCUT2D eigenvalue weighted by atomic mass is 16.2. The molecule has 1 rings (SSSR count). The molecule has 1 amide bonds. The molecule has 0 bridgehead atoms. The Bertz CT molecular complexity index is 329. The Kier molecular flexibility index (Phi) is 2.51. The summed E-state index contributed by atoms with van der Waals surface area (Å²) in [5.74, 6) is 0. The van der Waals surface area contributed by atoms with E-state index in [1.807, 2.05) is 20.8 Å². The van der Waals surface area contributed by atoms with E-state index in [-0.39, 0.29) is 11.6 Å². The van der Waals surface area contributed by atoms with Gasteiger partial charge in [0.15, 0.2) is 0 Å². The van der Waals surface area contributed by atoms with Crippen molar-refractivity contribution in [3.8, 4) is 0 Å². The predicted octanol–water partition coefficient (Wildman–Crippen LogP) is 1.13. The number of nitrogens with zero attached hydrogens (tertiary/aromatic N) is 2. The molecule has 0 fully saturated rings. The van der Waals surface area contributed by atoms with Crippen LogP contribution in [0.2, 0.25) is 0 Å². The zero-order chi connectivity index (χ0) is 10.9. The molecule has 14 heavy (non-hydrogen) atoms. The first-order valence-electron chi connectivity index (χ1n) is 4.44. The number of nitrogen functional groups attached to an aromatic ring is 1. The van der Waals surface area contributed by atoms with Gasteiger partial charge in [-0.25, -0.2) is 4.79 Å². The smallest absolute Gasteiger partial charge is 0.342 e. The van der Waals surface area contributed by atoms with E-state index in [1.54, 1.807) is 6.92 Å². The molecule has 0 aromatic carbocycles. The van der Waals surface area contributed by atoms with Crippen molar-refractivity contribution in [2.45, 2.75) is 33.2 Å². The quantitative estimate of drug-likeness (QED) is 0.653. The largest absolute Gasteiger partial charge is 0.396 e. The number of hydrogen-bond acceptors (Lipinski definition) is 3. The lowest BCUT2D eigenvalue weighted by molar-refractivity contribution is 0.230. The maximum Gasteiger partial charge on any atom is 0.342 e. The number of carbonyl (C=O) groups excluding carboxylic acids is 1. The average Bonchev–Trinajstić information content (AvgIpc) is 2.28. The average molecular weight is 196 g/mol. The summed E-state index contributed by atoms with van der Waals surface area (Å²) >= 11 is 0. The van der Waals surface area contributed by atoms with Crippen molar-refractivity contribution in [3.05, 3.63) is 11.9 Å². The van der Waals surface area contributed by atoms with Crippen LogP contribution in [0.5, 0.6) is 0 Å². The fourth-order valence-electron chi connectivity index (χ4n) is 0.955. The summed E-state index contributed by atoms with van der Waals surface area (Å²) in [4.78, 5) is 11.6. The van der Waals surface area contributed by atoms with Crippen LogP contribution in [0.1, 0.15) is 26.5 Å². The Balaban J connectivity index is 2.80. The molecule has 78 valence electrons. The van der Waals surface area contributed by atoms with Crippen LogP contribution in [-0.4, -0.2) is 21.4 Å². The summed E-state index contributed by atoms with van der Waals surface area (Å²) in [5, 5.41) is 6.76. The van der Waals surface area contributed by atoms with Crippen molar-refractivity contribution in [1.29, 1.82) is 0 Å². The van der Waals surface area contributed by atoms with E-state index in [0.717, 1.165) is 0 Å². The van der Waals surface area contributed by atoms with Crippen LogP contribution < -0.4 is 11.1 Å². The number of aromatic nitrogens is 2. The number of carbonyl (C=O) groups is 1. The molecule has 5 nitrogen and oxygen atoms in total. The Labute approximate surface area is 83.3 Å². The minimum absolute atomic E-state index is 0.266. The maximum atomic E-state index is 11.6. The fourth-order valence-corrected chi connectivity index (χ4v) is 0.955. The molecule has 0 unspecified atom stereocenters. The molecular formula is C9H16N4O. The van der Waals surface area contributed by atoms with E-state index in [1.165, 1.54) is 10.9 Å². The highest BCUT2D eigenvalue weighted by molar-refractivity contribution is 5.77. The minimum Gasteiger partial charge on any atom is -0.396 e. The number of rotatable bonds is 0. The van der Waals surface area contributed by atoms with E-state index in [0.29, 0.717) is 11.4 Å². The summed E-state index contributed by atoms with van der Waals surface area (Å²) in [6.45, 7) is 7.48. The van der Waals surface area contributed by atoms with Crippen LogP contribution in [0.25, 0.3) is 0 Å². The topological polar surface area (TPSA) is 72.9 Å². The third-order valence-electron chi connectivity index (χ3n) is 1.63. The molecule has 5 heteroatoms. The molecule has 0 radical (unpaired) electrons. The van der Waals surface area contributed by atoms with E-state index in [9.17, 15) is 4.79 Å². The van der Waals surface area contributed by atoms with E-state index in [4.69, 9.17) is 5.73 Å². The predicted molar refractivity (Wildman–Crippen MR) is 55.1 cm³/mol. The van der Waals surface area contributed by atoms with Crippen molar-refractivity contribution >= 4 is 11.7 Å². The molecule has 1 aromatic rings. The SMILES string of the molecule is Cc1nn(C(=O)NC(C)(C)C)cc1N. The number of aryl methyl sites for hydroxylation is 1. The van der Waals surface area contributed by atoms with Crippen molar-refractivity contribution < 1.29 is 4.79 Å². The van der Waals surface area contributed by atoms with Crippen molar-refractivity contribution in [3.63, 3.8) is 0 Å². The van der Waals surface area contributed by atoms with Gasteiger partial charge in [0.05, 0.1) is 17.6 Å². The normalized spacial score (nSPS) is 11.4. The Morgan fingerprint density at radius 3 is 2.50 bits per heavy atom. The van der Waals surface area contributed by atoms with Gasteiger partial charge in [-0.1, -0.05) is 0 Å². The highest BCUT2D eigenvalue weighted by Crippen LogP contribution is 2.07. The summed E-state index contributed by atoms with van der Waals surface area (Å²) < 4.78 is 1.22. The summed E-state index contributed by atoms with van der Waals surface area (Å²) in [7, 11) is 0. The molecule has 0 saturated heterocycles. The third-order valence-corrected chi connectivity index (χ3v) is 1.63. The van der Waals surface area contributed by atoms with Crippen LogP contribution >= 0.6 is 0 Å². The molecule has 0 aliphatic rings. The van der Waals surface area contributed by atoms with E-state index >= 15 is 0 Å². The summed E-state index contributed by atoms with van der Waals surface area (Å²) in [6.07, 6.45) is 1.51. The Morgan fingerprint density at radius 2 is 2.14 bits per heavy atom. The van der Waals surface area contributed by atoms with Crippen LogP contribution in [0.15, 0.2) is 6.20 Å². The Morgan fingerprint density at radius 1 is 1.57 bits per heavy atom. The molecule has 0 atom stereocenters. The van der Waals surface area contributed by atoms with Gasteiger partial charge in [-0.3, -0.25) is 0 Å². The molecule has 1 heterocycles. The number of anilines is 1. The second-order valence-electron chi connectivity index (χ2n) is 4.29. The summed E-state index contributed by atoms with van der Waals surface area (Å²) in [6, 6.07) is -0.266. The molecule has 0 aliphatic carbocycles. The second-order valence-corrected chi connectivity index (χ2v) is 4.29. The highest BCUT2D eigenvalue weighted by Gasteiger charge is 2.16. The van der Waals surface area contributed by atoms with Gasteiger partial charge in [0.1, 0.15) is 0 Å². The lowest BCUT2D eigenvalue weighted by Crippen LogP contribution is -2.43. The van der Waals surface area contributed by atoms with Crippen LogP contribution in [0.4, 0.5) is 10.5 Å². The molecule has 0 aliphatic heterocycles. The van der Waals surface area contributed by atoms with Gasteiger partial charge >= 0.3 is 6.03 Å². The van der Waals surface area contributed by atoms with Gasteiger partial charge in [-0.15, -0.1) is 0 Å². The van der Waals surface area contributed by atoms with Gasteiger partial charge in [0.25, 0.3) is 0 Å². The lowest BCUT2D eigenvalue weighted by atomic mass is 10.1. The van der Waals surface area contributed by atoms with Crippen LogP contribution in [0, 0.1) is 6.92 Å². The maximum absolute atomic E-state index is 11.6. The number of amides is 1. The number of nitrogens with one attached hydrogen (secondary N) is 1. The van der Waals surface area contributed by atoms with Gasteiger partial charge in [0, 0.05) is 5.54 Å². The van der Waals surface area contributed by atoms with Crippen molar-refractivity contribution in [2.24, 2.45) is 0 Å². The van der Waals surface area contributed by atoms with E-state index < -0.39 is 0 Å². The zero-order valence-electron chi connectivity index (χ0n) is 8.96. The standard InChI is InChI=1S/C9H16N4O/c1-6-7(10)5-13(12-6)8(14)11-9(2,3)4/h5H,10H2,1-4H3,(H,11,14). The van der Waals surface area contributed by atoms with Gasteiger partial charge in [-0.05, 0) is 27.7 Å². The first-order chi connectivity index (χ1) is 6.29. The third kappa shape index (κ3) is 2.48. The lowest BCUT2D eigenvalue weighted by Gasteiger charge is -2.19. The zero-order valence-corrected chi connectivity index (χ0v) is 8.96. The van der Waals surface area contributed by atoms with Gasteiger partial charge < -0.3 is 11.1 Å². The Hall–Kier alpha value is -1.52. The molecule has 0 saturated carbocycles. The molecule has 0 spiro atoms. The van der Waals surface area contributed by atoms with Crippen molar-refractivity contribution in [2.75, 3.05) is 5.73 Å². The minimum atomic E-state index is -0.272. The van der Waals surface area contributed by atoms with Crippen molar-refractivity contribution in [1.82, 2.24) is 15.1 Å². The molecule has 3 N–H and O–H groups in total. The van der Waals surface area contributed by atoms with Crippen LogP contribution in [-0.2, 0) is 0 Å². The van der Waals surface area contributed by atoms with Crippen LogP contribution in [0.3, 0.4) is 0 Å². The monoisotopic (exact) mass is 196 g/mol. The number of nitrogens with two attached hydrogens (primary N) is 1. The number of hydrogen-bond donors (Lipinski definition) is 2. The first kappa shape index (κ1) is 10.6. The second kappa shape index (κ2) is 3.32. The van der Waals surface area contributed by atoms with Gasteiger partial charge in [0.2, 0.25) is 0 Å². The first-order valence-corrected chi connectivity index (χ1v) is 4.44. The fraction of sp³-hybridized carbons (Fsp3) is 0.556. The molecule has 1 aromatic heterocycles. The van der Waals surface area contributed by atoms with Gasteiger partial charge in [-0.2, -0.15) is 9.78 Å². The molecular weight excluding hydrogens is 180 g/mol. The van der Waals surface area contributed by atoms with E-state index in [2.05, 4.69) is 10.4 Å². The summed E-state index contributed by atoms with van der Waals surface area (Å²) in [5.41, 5.74) is 6.49.